The zero-order valence-corrected chi connectivity index (χ0v) is 18.0. The van der Waals surface area contributed by atoms with E-state index in [1.807, 2.05) is 0 Å². The first-order valence-corrected chi connectivity index (χ1v) is 11.6. The van der Waals surface area contributed by atoms with Gasteiger partial charge in [0.05, 0.1) is 13.2 Å². The summed E-state index contributed by atoms with van der Waals surface area (Å²) in [4.78, 5) is 24.0. The maximum atomic E-state index is 13.9. The van der Waals surface area contributed by atoms with Crippen molar-refractivity contribution in [3.8, 4) is 5.75 Å². The summed E-state index contributed by atoms with van der Waals surface area (Å²) in [7, 11) is -3.77. The number of ether oxygens (including phenoxy) is 2. The molecule has 9 nitrogen and oxygen atoms in total. The van der Waals surface area contributed by atoms with Crippen LogP contribution in [-0.4, -0.2) is 51.7 Å². The van der Waals surface area contributed by atoms with Crippen LogP contribution in [0.3, 0.4) is 0 Å². The van der Waals surface area contributed by atoms with Gasteiger partial charge in [0.15, 0.2) is 11.6 Å². The molecule has 2 aliphatic rings. The standard InChI is InChI=1S/C20H26FN3O6S/c1-14(16-5-6-17(21)18(11-16)30-12-15-3-4-15)23-31(27,28)10-2-9-29-13-24-8-7-19(25)22-20(24)26/h2,5-6,10-11,14-15,23H,3-4,7-9,12-13H2,1H3,(H,22,25,26)/b10-2+/t14-/m1/s1. The molecule has 3 amide bonds. The van der Waals surface area contributed by atoms with Gasteiger partial charge in [0.2, 0.25) is 15.9 Å². The van der Waals surface area contributed by atoms with Gasteiger partial charge in [-0.15, -0.1) is 0 Å². The van der Waals surface area contributed by atoms with Crippen LogP contribution in [-0.2, 0) is 19.6 Å². The average Bonchev–Trinajstić information content (AvgIpc) is 3.52. The fraction of sp³-hybridized carbons (Fsp3) is 0.500. The van der Waals surface area contributed by atoms with Gasteiger partial charge in [-0.3, -0.25) is 10.1 Å². The molecule has 0 unspecified atom stereocenters. The second-order valence-corrected chi connectivity index (χ2v) is 9.17. The Bertz CT molecular complexity index is 948. The minimum atomic E-state index is -3.77. The molecule has 11 heteroatoms. The van der Waals surface area contributed by atoms with E-state index >= 15 is 0 Å². The molecule has 2 N–H and O–H groups in total. The molecule has 1 aromatic carbocycles. The summed E-state index contributed by atoms with van der Waals surface area (Å²) in [5.74, 6) is -0.237. The number of imide groups is 1. The van der Waals surface area contributed by atoms with Crippen LogP contribution >= 0.6 is 0 Å². The van der Waals surface area contributed by atoms with Crippen molar-refractivity contribution in [2.75, 3.05) is 26.5 Å². The topological polar surface area (TPSA) is 114 Å². The van der Waals surface area contributed by atoms with Crippen molar-refractivity contribution in [2.24, 2.45) is 5.92 Å². The molecule has 1 heterocycles. The predicted molar refractivity (Wildman–Crippen MR) is 110 cm³/mol. The number of hydrogen-bond donors (Lipinski definition) is 2. The predicted octanol–water partition coefficient (Wildman–Crippen LogP) is 2.02. The van der Waals surface area contributed by atoms with Gasteiger partial charge in [-0.2, -0.15) is 0 Å². The van der Waals surface area contributed by atoms with Crippen LogP contribution in [0.2, 0.25) is 0 Å². The molecule has 0 bridgehead atoms. The highest BCUT2D eigenvalue weighted by atomic mass is 32.2. The lowest BCUT2D eigenvalue weighted by molar-refractivity contribution is -0.122. The molecule has 0 spiro atoms. The fourth-order valence-corrected chi connectivity index (χ4v) is 3.90. The molecule has 0 radical (unpaired) electrons. The van der Waals surface area contributed by atoms with Crippen molar-refractivity contribution < 1.29 is 31.9 Å². The number of benzene rings is 1. The van der Waals surface area contributed by atoms with Crippen LogP contribution in [0.4, 0.5) is 9.18 Å². The quantitative estimate of drug-likeness (QED) is 0.494. The molecule has 2 fully saturated rings. The SMILES string of the molecule is C[C@@H](NS(=O)(=O)/C=C/COCN1CCC(=O)NC1=O)c1ccc(F)c(OCC2CC2)c1. The first-order valence-electron chi connectivity index (χ1n) is 10.0. The van der Waals surface area contributed by atoms with Crippen LogP contribution in [0.1, 0.15) is 37.8 Å². The van der Waals surface area contributed by atoms with Gasteiger partial charge >= 0.3 is 6.03 Å². The van der Waals surface area contributed by atoms with E-state index in [4.69, 9.17) is 9.47 Å². The third-order valence-corrected chi connectivity index (χ3v) is 6.08. The van der Waals surface area contributed by atoms with E-state index in [0.29, 0.717) is 18.1 Å². The Morgan fingerprint density at radius 1 is 1.35 bits per heavy atom. The van der Waals surface area contributed by atoms with Gasteiger partial charge in [0, 0.05) is 24.4 Å². The monoisotopic (exact) mass is 455 g/mol. The largest absolute Gasteiger partial charge is 0.490 e. The highest BCUT2D eigenvalue weighted by molar-refractivity contribution is 7.92. The first-order chi connectivity index (χ1) is 14.7. The molecule has 1 saturated heterocycles. The number of carbonyl (C=O) groups is 2. The summed E-state index contributed by atoms with van der Waals surface area (Å²) in [5, 5.41) is 3.14. The van der Waals surface area contributed by atoms with Gasteiger partial charge in [0.25, 0.3) is 0 Å². The summed E-state index contributed by atoms with van der Waals surface area (Å²) in [6.07, 6.45) is 3.66. The number of nitrogens with one attached hydrogen (secondary N) is 2. The molecular weight excluding hydrogens is 429 g/mol. The lowest BCUT2D eigenvalue weighted by atomic mass is 10.1. The summed E-state index contributed by atoms with van der Waals surface area (Å²) < 4.78 is 51.7. The maximum absolute atomic E-state index is 13.9. The van der Waals surface area contributed by atoms with E-state index in [-0.39, 0.29) is 38.0 Å². The summed E-state index contributed by atoms with van der Waals surface area (Å²) in [5.41, 5.74) is 0.575. The van der Waals surface area contributed by atoms with Gasteiger partial charge in [-0.05, 0) is 49.5 Å². The van der Waals surface area contributed by atoms with Crippen LogP contribution in [0, 0.1) is 11.7 Å². The highest BCUT2D eigenvalue weighted by Crippen LogP contribution is 2.31. The van der Waals surface area contributed by atoms with Crippen molar-refractivity contribution in [1.82, 2.24) is 14.9 Å². The molecule has 1 aliphatic heterocycles. The molecule has 1 aromatic rings. The van der Waals surface area contributed by atoms with E-state index in [1.54, 1.807) is 6.92 Å². The van der Waals surface area contributed by atoms with Crippen LogP contribution in [0.25, 0.3) is 0 Å². The molecule has 170 valence electrons. The Balaban J connectivity index is 1.46. The van der Waals surface area contributed by atoms with Gasteiger partial charge in [0.1, 0.15) is 6.73 Å². The minimum Gasteiger partial charge on any atom is -0.490 e. The second-order valence-electron chi connectivity index (χ2n) is 7.57. The molecular formula is C20H26FN3O6S. The maximum Gasteiger partial charge on any atom is 0.325 e. The number of nitrogens with zero attached hydrogens (tertiary/aromatic N) is 1. The minimum absolute atomic E-state index is 0.0390. The lowest BCUT2D eigenvalue weighted by Crippen LogP contribution is -2.50. The Morgan fingerprint density at radius 2 is 2.13 bits per heavy atom. The molecule has 1 saturated carbocycles. The summed E-state index contributed by atoms with van der Waals surface area (Å²) in [6.45, 7) is 2.25. The average molecular weight is 456 g/mol. The van der Waals surface area contributed by atoms with Crippen molar-refractivity contribution >= 4 is 22.0 Å². The van der Waals surface area contributed by atoms with Gasteiger partial charge in [-0.1, -0.05) is 6.07 Å². The molecule has 1 aliphatic carbocycles. The van der Waals surface area contributed by atoms with Crippen LogP contribution in [0.5, 0.6) is 5.75 Å². The number of rotatable bonds is 11. The fourth-order valence-electron chi connectivity index (χ4n) is 2.86. The molecule has 0 aromatic heterocycles. The molecule has 31 heavy (non-hydrogen) atoms. The van der Waals surface area contributed by atoms with Crippen molar-refractivity contribution in [2.45, 2.75) is 32.2 Å². The van der Waals surface area contributed by atoms with E-state index in [2.05, 4.69) is 10.0 Å². The number of halogens is 1. The Labute approximate surface area is 180 Å². The lowest BCUT2D eigenvalue weighted by Gasteiger charge is -2.25. The number of amides is 3. The van der Waals surface area contributed by atoms with Crippen LogP contribution < -0.4 is 14.8 Å². The van der Waals surface area contributed by atoms with Gasteiger partial charge < -0.3 is 14.4 Å². The normalized spacial score (nSPS) is 18.3. The summed E-state index contributed by atoms with van der Waals surface area (Å²) >= 11 is 0. The van der Waals surface area contributed by atoms with Crippen molar-refractivity contribution in [3.05, 3.63) is 41.1 Å². The van der Waals surface area contributed by atoms with Crippen molar-refractivity contribution in [3.63, 3.8) is 0 Å². The van der Waals surface area contributed by atoms with E-state index < -0.39 is 27.9 Å². The number of sulfonamides is 1. The number of carbonyl (C=O) groups excluding carboxylic acids is 2. The second kappa shape index (κ2) is 10.2. The first kappa shape index (κ1) is 23.2. The molecule has 3 rings (SSSR count). The number of urea groups is 1. The summed E-state index contributed by atoms with van der Waals surface area (Å²) in [6, 6.07) is 3.13. The van der Waals surface area contributed by atoms with Gasteiger partial charge in [-0.25, -0.2) is 22.3 Å². The Kier molecular flexibility index (Phi) is 7.63. The van der Waals surface area contributed by atoms with E-state index in [9.17, 15) is 22.4 Å². The molecule has 1 atom stereocenters. The third-order valence-electron chi connectivity index (χ3n) is 4.85. The highest BCUT2D eigenvalue weighted by Gasteiger charge is 2.23. The zero-order valence-electron chi connectivity index (χ0n) is 17.2. The number of hydrogen-bond acceptors (Lipinski definition) is 6. The van der Waals surface area contributed by atoms with Crippen molar-refractivity contribution in [1.29, 1.82) is 0 Å². The smallest absolute Gasteiger partial charge is 0.325 e. The Hall–Kier alpha value is -2.50. The van der Waals surface area contributed by atoms with E-state index in [0.717, 1.165) is 18.2 Å². The third kappa shape index (κ3) is 7.30. The van der Waals surface area contributed by atoms with E-state index in [1.165, 1.54) is 29.2 Å². The van der Waals surface area contributed by atoms with Crippen LogP contribution in [0.15, 0.2) is 29.7 Å². The zero-order chi connectivity index (χ0) is 22.4. The Morgan fingerprint density at radius 3 is 2.84 bits per heavy atom.